The van der Waals surface area contributed by atoms with E-state index in [1.807, 2.05) is 0 Å². The molecular formula is C7H10O4. The van der Waals surface area contributed by atoms with Gasteiger partial charge in [-0.25, -0.2) is 4.79 Å². The largest absolute Gasteiger partial charge is 0.475 e. The Hall–Kier alpha value is -0.900. The van der Waals surface area contributed by atoms with E-state index in [1.54, 1.807) is 0 Å². The van der Waals surface area contributed by atoms with Crippen molar-refractivity contribution in [1.82, 2.24) is 0 Å². The third-order valence-corrected chi connectivity index (χ3v) is 1.68. The SMILES string of the molecule is O=C(O)C(=O)CC1CCCO1. The molecule has 0 aromatic heterocycles. The molecule has 0 radical (unpaired) electrons. The second kappa shape index (κ2) is 3.48. The molecule has 62 valence electrons. The predicted octanol–water partition coefficient (Wildman–Crippen LogP) is 0.209. The molecule has 11 heavy (non-hydrogen) atoms. The van der Waals surface area contributed by atoms with Crippen molar-refractivity contribution in [3.8, 4) is 0 Å². The molecule has 1 N–H and O–H groups in total. The summed E-state index contributed by atoms with van der Waals surface area (Å²) in [5.41, 5.74) is 0. The molecule has 1 heterocycles. The second-order valence-corrected chi connectivity index (χ2v) is 2.57. The zero-order valence-corrected chi connectivity index (χ0v) is 6.08. The zero-order chi connectivity index (χ0) is 8.27. The minimum absolute atomic E-state index is 0.0231. The van der Waals surface area contributed by atoms with Crippen molar-refractivity contribution in [1.29, 1.82) is 0 Å². The van der Waals surface area contributed by atoms with Crippen molar-refractivity contribution in [2.75, 3.05) is 6.61 Å². The zero-order valence-electron chi connectivity index (χ0n) is 6.08. The number of aliphatic carboxylic acids is 1. The molecule has 1 fully saturated rings. The number of Topliss-reactive ketones (excluding diaryl/α,β-unsaturated/α-hetero) is 1. The fraction of sp³-hybridized carbons (Fsp3) is 0.714. The van der Waals surface area contributed by atoms with Crippen LogP contribution in [0.2, 0.25) is 0 Å². The monoisotopic (exact) mass is 158 g/mol. The number of hydrogen-bond donors (Lipinski definition) is 1. The lowest BCUT2D eigenvalue weighted by Gasteiger charge is -2.04. The standard InChI is InChI=1S/C7H10O4/c8-6(7(9)10)4-5-2-1-3-11-5/h5H,1-4H2,(H,9,10). The van der Waals surface area contributed by atoms with Gasteiger partial charge in [-0.1, -0.05) is 0 Å². The normalized spacial score (nSPS) is 23.5. The fourth-order valence-electron chi connectivity index (χ4n) is 1.10. The van der Waals surface area contributed by atoms with Crippen molar-refractivity contribution in [3.63, 3.8) is 0 Å². The maximum absolute atomic E-state index is 10.6. The van der Waals surface area contributed by atoms with Crippen LogP contribution < -0.4 is 0 Å². The van der Waals surface area contributed by atoms with Crippen LogP contribution in [0, 0.1) is 0 Å². The topological polar surface area (TPSA) is 63.6 Å². The molecule has 0 aromatic carbocycles. The second-order valence-electron chi connectivity index (χ2n) is 2.57. The highest BCUT2D eigenvalue weighted by Gasteiger charge is 2.22. The highest BCUT2D eigenvalue weighted by Crippen LogP contribution is 2.15. The number of ether oxygens (including phenoxy) is 1. The van der Waals surface area contributed by atoms with Crippen LogP contribution in [-0.2, 0) is 14.3 Å². The average molecular weight is 158 g/mol. The van der Waals surface area contributed by atoms with Gasteiger partial charge in [0.1, 0.15) is 0 Å². The van der Waals surface area contributed by atoms with Crippen LogP contribution >= 0.6 is 0 Å². The molecule has 1 aliphatic rings. The van der Waals surface area contributed by atoms with Gasteiger partial charge in [-0.05, 0) is 12.8 Å². The van der Waals surface area contributed by atoms with Crippen molar-refractivity contribution in [2.24, 2.45) is 0 Å². The van der Waals surface area contributed by atoms with E-state index < -0.39 is 11.8 Å². The molecule has 1 atom stereocenters. The van der Waals surface area contributed by atoms with Crippen LogP contribution in [0.15, 0.2) is 0 Å². The Morgan fingerprint density at radius 1 is 1.55 bits per heavy atom. The predicted molar refractivity (Wildman–Crippen MR) is 36.2 cm³/mol. The molecule has 0 aromatic rings. The van der Waals surface area contributed by atoms with Crippen LogP contribution in [0.5, 0.6) is 0 Å². The van der Waals surface area contributed by atoms with E-state index in [0.717, 1.165) is 12.8 Å². The molecule has 1 aliphatic heterocycles. The summed E-state index contributed by atoms with van der Waals surface area (Å²) in [5, 5.41) is 8.24. The average Bonchev–Trinajstić information content (AvgIpc) is 2.39. The first kappa shape index (κ1) is 8.20. The van der Waals surface area contributed by atoms with Crippen LogP contribution in [0.3, 0.4) is 0 Å². The number of carboxylic acid groups (broad SMARTS) is 1. The van der Waals surface area contributed by atoms with Crippen molar-refractivity contribution in [3.05, 3.63) is 0 Å². The number of carbonyl (C=O) groups is 2. The number of ketones is 1. The molecule has 4 nitrogen and oxygen atoms in total. The highest BCUT2D eigenvalue weighted by molar-refractivity contribution is 6.32. The van der Waals surface area contributed by atoms with Crippen molar-refractivity contribution in [2.45, 2.75) is 25.4 Å². The van der Waals surface area contributed by atoms with E-state index >= 15 is 0 Å². The van der Waals surface area contributed by atoms with E-state index in [-0.39, 0.29) is 12.5 Å². The van der Waals surface area contributed by atoms with E-state index in [4.69, 9.17) is 9.84 Å². The van der Waals surface area contributed by atoms with Gasteiger partial charge >= 0.3 is 5.97 Å². The van der Waals surface area contributed by atoms with Gasteiger partial charge in [0.25, 0.3) is 0 Å². The summed E-state index contributed by atoms with van der Waals surface area (Å²) in [6, 6.07) is 0. The smallest absolute Gasteiger partial charge is 0.372 e. The summed E-state index contributed by atoms with van der Waals surface area (Å²) >= 11 is 0. The summed E-state index contributed by atoms with van der Waals surface area (Å²) in [7, 11) is 0. The molecular weight excluding hydrogens is 148 g/mol. The quantitative estimate of drug-likeness (QED) is 0.596. The summed E-state index contributed by atoms with van der Waals surface area (Å²) < 4.78 is 5.09. The van der Waals surface area contributed by atoms with Crippen LogP contribution in [0.4, 0.5) is 0 Å². The molecule has 0 aliphatic carbocycles. The lowest BCUT2D eigenvalue weighted by molar-refractivity contribution is -0.150. The minimum atomic E-state index is -1.36. The maximum atomic E-state index is 10.6. The summed E-state index contributed by atoms with van der Waals surface area (Å²) in [4.78, 5) is 20.7. The number of carbonyl (C=O) groups excluding carboxylic acids is 1. The minimum Gasteiger partial charge on any atom is -0.475 e. The van der Waals surface area contributed by atoms with E-state index in [1.165, 1.54) is 0 Å². The van der Waals surface area contributed by atoms with Gasteiger partial charge in [-0.2, -0.15) is 0 Å². The molecule has 4 heteroatoms. The van der Waals surface area contributed by atoms with Gasteiger partial charge in [-0.15, -0.1) is 0 Å². The highest BCUT2D eigenvalue weighted by atomic mass is 16.5. The molecule has 1 rings (SSSR count). The van der Waals surface area contributed by atoms with E-state index in [2.05, 4.69) is 0 Å². The first-order valence-electron chi connectivity index (χ1n) is 3.58. The van der Waals surface area contributed by atoms with Crippen LogP contribution in [0.1, 0.15) is 19.3 Å². The molecule has 0 amide bonds. The van der Waals surface area contributed by atoms with Gasteiger partial charge < -0.3 is 9.84 Å². The number of hydrogen-bond acceptors (Lipinski definition) is 3. The van der Waals surface area contributed by atoms with Crippen LogP contribution in [0.25, 0.3) is 0 Å². The molecule has 0 spiro atoms. The first-order chi connectivity index (χ1) is 5.20. The van der Waals surface area contributed by atoms with Crippen molar-refractivity contribution < 1.29 is 19.4 Å². The number of rotatable bonds is 3. The lowest BCUT2D eigenvalue weighted by Crippen LogP contribution is -2.19. The number of carboxylic acids is 1. The van der Waals surface area contributed by atoms with Crippen LogP contribution in [-0.4, -0.2) is 29.6 Å². The Kier molecular flexibility index (Phi) is 2.59. The van der Waals surface area contributed by atoms with E-state index in [0.29, 0.717) is 6.61 Å². The lowest BCUT2D eigenvalue weighted by atomic mass is 10.1. The Balaban J connectivity index is 2.29. The Labute approximate surface area is 64.2 Å². The fourth-order valence-corrected chi connectivity index (χ4v) is 1.10. The van der Waals surface area contributed by atoms with Crippen molar-refractivity contribution >= 4 is 11.8 Å². The molecule has 1 saturated heterocycles. The van der Waals surface area contributed by atoms with Gasteiger partial charge in [0.2, 0.25) is 5.78 Å². The first-order valence-corrected chi connectivity index (χ1v) is 3.58. The molecule has 0 saturated carbocycles. The van der Waals surface area contributed by atoms with E-state index in [9.17, 15) is 9.59 Å². The summed E-state index contributed by atoms with van der Waals surface area (Å²) in [6.45, 7) is 0.650. The Morgan fingerprint density at radius 3 is 2.73 bits per heavy atom. The summed E-state index contributed by atoms with van der Waals surface area (Å²) in [5.74, 6) is -2.11. The maximum Gasteiger partial charge on any atom is 0.372 e. The Bertz CT molecular complexity index is 169. The Morgan fingerprint density at radius 2 is 2.27 bits per heavy atom. The van der Waals surface area contributed by atoms with Gasteiger partial charge in [-0.3, -0.25) is 4.79 Å². The van der Waals surface area contributed by atoms with Gasteiger partial charge in [0.05, 0.1) is 6.10 Å². The van der Waals surface area contributed by atoms with Gasteiger partial charge in [0, 0.05) is 13.0 Å². The third kappa shape index (κ3) is 2.31. The molecule has 1 unspecified atom stereocenters. The molecule has 0 bridgehead atoms. The summed E-state index contributed by atoms with van der Waals surface area (Å²) in [6.07, 6.45) is 1.60. The van der Waals surface area contributed by atoms with Gasteiger partial charge in [0.15, 0.2) is 0 Å². The third-order valence-electron chi connectivity index (χ3n) is 1.68.